The van der Waals surface area contributed by atoms with Gasteiger partial charge in [0, 0.05) is 19.6 Å². The molecule has 0 aliphatic heterocycles. The summed E-state index contributed by atoms with van der Waals surface area (Å²) in [5.41, 5.74) is 0.946. The second-order valence-electron chi connectivity index (χ2n) is 5.32. The molecule has 120 valence electrons. The van der Waals surface area contributed by atoms with Gasteiger partial charge in [-0.05, 0) is 44.5 Å². The number of rotatable bonds is 8. The Morgan fingerprint density at radius 1 is 1.33 bits per heavy atom. The maximum absolute atomic E-state index is 12.5. The van der Waals surface area contributed by atoms with Crippen molar-refractivity contribution in [2.75, 3.05) is 20.1 Å². The maximum Gasteiger partial charge on any atom is 0.242 e. The number of benzene rings is 1. The first-order valence-electron chi connectivity index (χ1n) is 7.26. The Bertz CT molecular complexity index is 544. The van der Waals surface area contributed by atoms with Crippen molar-refractivity contribution in [3.8, 4) is 0 Å². The van der Waals surface area contributed by atoms with Crippen molar-refractivity contribution in [3.63, 3.8) is 0 Å². The van der Waals surface area contributed by atoms with Gasteiger partial charge in [0.05, 0.1) is 11.0 Å². The van der Waals surface area contributed by atoms with E-state index in [4.69, 9.17) is 0 Å². The van der Waals surface area contributed by atoms with Crippen LogP contribution in [0.1, 0.15) is 38.8 Å². The number of aliphatic hydroxyl groups excluding tert-OH is 1. The van der Waals surface area contributed by atoms with Gasteiger partial charge in [0.2, 0.25) is 10.0 Å². The molecule has 0 aromatic heterocycles. The molecule has 1 aromatic carbocycles. The van der Waals surface area contributed by atoms with E-state index in [0.29, 0.717) is 13.0 Å². The third-order valence-electron chi connectivity index (χ3n) is 3.44. The highest BCUT2D eigenvalue weighted by atomic mass is 32.2. The van der Waals surface area contributed by atoms with Crippen LogP contribution in [0.15, 0.2) is 29.2 Å². The highest BCUT2D eigenvalue weighted by Gasteiger charge is 2.21. The first kappa shape index (κ1) is 18.1. The highest BCUT2D eigenvalue weighted by molar-refractivity contribution is 7.89. The van der Waals surface area contributed by atoms with Gasteiger partial charge in [-0.25, -0.2) is 12.7 Å². The van der Waals surface area contributed by atoms with E-state index < -0.39 is 16.1 Å². The van der Waals surface area contributed by atoms with Gasteiger partial charge in [-0.15, -0.1) is 0 Å². The molecule has 0 bridgehead atoms. The summed E-state index contributed by atoms with van der Waals surface area (Å²) in [6.45, 7) is 6.80. The van der Waals surface area contributed by atoms with Crippen LogP contribution >= 0.6 is 0 Å². The van der Waals surface area contributed by atoms with Crippen molar-refractivity contribution in [1.82, 2.24) is 9.62 Å². The lowest BCUT2D eigenvalue weighted by molar-refractivity contribution is 0.177. The minimum Gasteiger partial charge on any atom is -0.393 e. The summed E-state index contributed by atoms with van der Waals surface area (Å²) in [7, 11) is -1.97. The van der Waals surface area contributed by atoms with E-state index in [9.17, 15) is 13.5 Å². The number of nitrogens with one attached hydrogen (secondary N) is 1. The fourth-order valence-corrected chi connectivity index (χ4v) is 3.28. The summed E-state index contributed by atoms with van der Waals surface area (Å²) in [5, 5.41) is 12.6. The monoisotopic (exact) mass is 314 g/mol. The molecule has 0 radical (unpaired) electrons. The van der Waals surface area contributed by atoms with Gasteiger partial charge in [0.15, 0.2) is 0 Å². The van der Waals surface area contributed by atoms with Crippen molar-refractivity contribution >= 4 is 10.0 Å². The van der Waals surface area contributed by atoms with E-state index in [0.717, 1.165) is 12.1 Å². The Balaban J connectivity index is 2.95. The minimum atomic E-state index is -3.51. The van der Waals surface area contributed by atoms with E-state index in [1.165, 1.54) is 11.4 Å². The van der Waals surface area contributed by atoms with E-state index >= 15 is 0 Å². The summed E-state index contributed by atoms with van der Waals surface area (Å²) in [4.78, 5) is 0.290. The fourth-order valence-electron chi connectivity index (χ4n) is 2.04. The van der Waals surface area contributed by atoms with Crippen LogP contribution in [0, 0.1) is 0 Å². The Hall–Kier alpha value is -0.950. The topological polar surface area (TPSA) is 69.6 Å². The van der Waals surface area contributed by atoms with Crippen molar-refractivity contribution < 1.29 is 13.5 Å². The largest absolute Gasteiger partial charge is 0.393 e. The zero-order valence-electron chi connectivity index (χ0n) is 13.2. The lowest BCUT2D eigenvalue weighted by Gasteiger charge is -2.19. The number of hydrogen-bond acceptors (Lipinski definition) is 4. The Morgan fingerprint density at radius 3 is 2.57 bits per heavy atom. The zero-order chi connectivity index (χ0) is 16.0. The normalized spacial score (nSPS) is 15.1. The predicted molar refractivity (Wildman–Crippen MR) is 84.6 cm³/mol. The number of hydrogen-bond donors (Lipinski definition) is 2. The van der Waals surface area contributed by atoms with Gasteiger partial charge in [-0.2, -0.15) is 0 Å². The van der Waals surface area contributed by atoms with Crippen molar-refractivity contribution in [3.05, 3.63) is 29.8 Å². The molecule has 0 amide bonds. The Kier molecular flexibility index (Phi) is 6.80. The molecule has 1 aromatic rings. The molecule has 2 atom stereocenters. The Morgan fingerprint density at radius 2 is 2.00 bits per heavy atom. The second kappa shape index (κ2) is 7.89. The molecule has 0 aliphatic rings. The van der Waals surface area contributed by atoms with Crippen LogP contribution in [0.4, 0.5) is 0 Å². The molecule has 2 unspecified atom stereocenters. The summed E-state index contributed by atoms with van der Waals surface area (Å²) >= 11 is 0. The van der Waals surface area contributed by atoms with Crippen LogP contribution in [-0.2, 0) is 10.0 Å². The van der Waals surface area contributed by atoms with Crippen LogP contribution in [0.3, 0.4) is 0 Å². The Labute approximate surface area is 128 Å². The highest BCUT2D eigenvalue weighted by Crippen LogP contribution is 2.20. The average Bonchev–Trinajstić information content (AvgIpc) is 2.45. The van der Waals surface area contributed by atoms with Crippen LogP contribution in [-0.4, -0.2) is 44.1 Å². The summed E-state index contributed by atoms with van der Waals surface area (Å²) in [6.07, 6.45) is -0.0915. The molecule has 21 heavy (non-hydrogen) atoms. The standard InChI is InChI=1S/C15H26N2O3S/c1-5-16-13(3)14-7-6-8-15(11-14)21(19,20)17(4)10-9-12(2)18/h6-8,11-13,16,18H,5,9-10H2,1-4H3. The number of nitrogens with zero attached hydrogens (tertiary/aromatic N) is 1. The van der Waals surface area contributed by atoms with Crippen molar-refractivity contribution in [2.24, 2.45) is 0 Å². The molecule has 0 heterocycles. The molecule has 1 rings (SSSR count). The van der Waals surface area contributed by atoms with Crippen LogP contribution in [0.5, 0.6) is 0 Å². The third kappa shape index (κ3) is 5.07. The second-order valence-corrected chi connectivity index (χ2v) is 7.36. The lowest BCUT2D eigenvalue weighted by atomic mass is 10.1. The molecular formula is C15H26N2O3S. The van der Waals surface area contributed by atoms with Crippen molar-refractivity contribution in [1.29, 1.82) is 0 Å². The van der Waals surface area contributed by atoms with Crippen LogP contribution in [0.2, 0.25) is 0 Å². The number of sulfonamides is 1. The molecule has 5 nitrogen and oxygen atoms in total. The smallest absolute Gasteiger partial charge is 0.242 e. The SMILES string of the molecule is CCNC(C)c1cccc(S(=O)(=O)N(C)CCC(C)O)c1. The number of aliphatic hydroxyl groups is 1. The first-order chi connectivity index (χ1) is 9.78. The molecule has 0 saturated heterocycles. The van der Waals surface area contributed by atoms with E-state index in [2.05, 4.69) is 5.32 Å². The molecular weight excluding hydrogens is 288 g/mol. The third-order valence-corrected chi connectivity index (χ3v) is 5.29. The van der Waals surface area contributed by atoms with Crippen LogP contribution in [0.25, 0.3) is 0 Å². The average molecular weight is 314 g/mol. The predicted octanol–water partition coefficient (Wildman–Crippen LogP) is 1.75. The van der Waals surface area contributed by atoms with Crippen molar-refractivity contribution in [2.45, 2.75) is 44.2 Å². The van der Waals surface area contributed by atoms with E-state index in [1.54, 1.807) is 25.1 Å². The molecule has 6 heteroatoms. The molecule has 0 saturated carbocycles. The quantitative estimate of drug-likeness (QED) is 0.767. The minimum absolute atomic E-state index is 0.105. The van der Waals surface area contributed by atoms with Gasteiger partial charge in [-0.1, -0.05) is 19.1 Å². The zero-order valence-corrected chi connectivity index (χ0v) is 14.0. The maximum atomic E-state index is 12.5. The van der Waals surface area contributed by atoms with Gasteiger partial charge < -0.3 is 10.4 Å². The molecule has 2 N–H and O–H groups in total. The van der Waals surface area contributed by atoms with Crippen LogP contribution < -0.4 is 5.32 Å². The molecule has 0 fully saturated rings. The van der Waals surface area contributed by atoms with Gasteiger partial charge in [0.25, 0.3) is 0 Å². The lowest BCUT2D eigenvalue weighted by Crippen LogP contribution is -2.29. The first-order valence-corrected chi connectivity index (χ1v) is 8.70. The van der Waals surface area contributed by atoms with E-state index in [-0.39, 0.29) is 10.9 Å². The summed E-state index contributed by atoms with van der Waals surface area (Å²) in [5.74, 6) is 0. The summed E-state index contributed by atoms with van der Waals surface area (Å²) < 4.78 is 26.3. The molecule has 0 spiro atoms. The van der Waals surface area contributed by atoms with Gasteiger partial charge in [-0.3, -0.25) is 0 Å². The van der Waals surface area contributed by atoms with Gasteiger partial charge in [0.1, 0.15) is 0 Å². The summed E-state index contributed by atoms with van der Waals surface area (Å²) in [6, 6.07) is 7.10. The van der Waals surface area contributed by atoms with Gasteiger partial charge >= 0.3 is 0 Å². The van der Waals surface area contributed by atoms with E-state index in [1.807, 2.05) is 19.9 Å². The fraction of sp³-hybridized carbons (Fsp3) is 0.600. The molecule has 0 aliphatic carbocycles.